The number of hydrogen-bond donors (Lipinski definition) is 2. The first-order valence-corrected chi connectivity index (χ1v) is 8.23. The van der Waals surface area contributed by atoms with Crippen molar-refractivity contribution in [3.8, 4) is 11.5 Å². The molecule has 0 aliphatic carbocycles. The van der Waals surface area contributed by atoms with E-state index in [2.05, 4.69) is 15.8 Å². The third kappa shape index (κ3) is 4.65. The van der Waals surface area contributed by atoms with Crippen LogP contribution in [0.3, 0.4) is 0 Å². The highest BCUT2D eigenvalue weighted by atomic mass is 35.5. The Morgan fingerprint density at radius 3 is 2.65 bits per heavy atom. The molecule has 0 saturated carbocycles. The second-order valence-electron chi connectivity index (χ2n) is 5.26. The van der Waals surface area contributed by atoms with Crippen LogP contribution < -0.4 is 20.2 Å². The van der Waals surface area contributed by atoms with Crippen LogP contribution in [-0.4, -0.2) is 24.8 Å². The van der Waals surface area contributed by atoms with Crippen LogP contribution in [0.15, 0.2) is 41.5 Å². The molecule has 0 atom stereocenters. The molecular weight excluding hydrogens is 381 g/mol. The van der Waals surface area contributed by atoms with Crippen LogP contribution in [0, 0.1) is 0 Å². The number of nitrogens with one attached hydrogen (secondary N) is 2. The molecule has 1 aliphatic rings. The molecule has 2 N–H and O–H groups in total. The molecule has 0 unspecified atom stereocenters. The number of hydrogen-bond acceptors (Lipinski definition) is 5. The van der Waals surface area contributed by atoms with E-state index in [4.69, 9.17) is 32.7 Å². The maximum atomic E-state index is 11.8. The summed E-state index contributed by atoms with van der Waals surface area (Å²) in [6.45, 7) is 0.181. The second-order valence-corrected chi connectivity index (χ2v) is 6.07. The van der Waals surface area contributed by atoms with Crippen LogP contribution >= 0.6 is 23.2 Å². The van der Waals surface area contributed by atoms with Crippen LogP contribution in [0.25, 0.3) is 0 Å². The van der Waals surface area contributed by atoms with Gasteiger partial charge in [0.25, 0.3) is 0 Å². The van der Waals surface area contributed by atoms with Crippen molar-refractivity contribution >= 4 is 46.9 Å². The van der Waals surface area contributed by atoms with Crippen LogP contribution in [0.1, 0.15) is 12.0 Å². The Balaban J connectivity index is 1.48. The maximum absolute atomic E-state index is 11.8. The lowest BCUT2D eigenvalue weighted by atomic mass is 10.2. The van der Waals surface area contributed by atoms with Crippen LogP contribution in [0.2, 0.25) is 10.0 Å². The Hall–Kier alpha value is -2.77. The molecule has 26 heavy (non-hydrogen) atoms. The van der Waals surface area contributed by atoms with Gasteiger partial charge in [0.2, 0.25) is 18.6 Å². The number of halogens is 2. The largest absolute Gasteiger partial charge is 0.454 e. The standard InChI is InChI=1S/C17H13Cl2N3O4/c18-12-3-2-11(6-13(12)19)21-16(23)7-17(24)22-20-8-10-1-4-14-15(5-10)26-9-25-14/h1-6,8H,7,9H2,(H,21,23)(H,22,24)/b20-8-. The smallest absolute Gasteiger partial charge is 0.249 e. The number of nitrogens with zero attached hydrogens (tertiary/aromatic N) is 1. The van der Waals surface area contributed by atoms with E-state index in [0.717, 1.165) is 5.56 Å². The number of carbonyl (C=O) groups is 2. The van der Waals surface area contributed by atoms with E-state index < -0.39 is 18.2 Å². The first kappa shape index (κ1) is 18.0. The average Bonchev–Trinajstić information content (AvgIpc) is 3.06. The Labute approximate surface area is 158 Å². The van der Waals surface area contributed by atoms with Gasteiger partial charge in [0.15, 0.2) is 11.5 Å². The first-order valence-electron chi connectivity index (χ1n) is 7.48. The number of ether oxygens (including phenoxy) is 2. The van der Waals surface area contributed by atoms with Crippen molar-refractivity contribution in [1.29, 1.82) is 0 Å². The zero-order chi connectivity index (χ0) is 18.5. The lowest BCUT2D eigenvalue weighted by Crippen LogP contribution is -2.24. The van der Waals surface area contributed by atoms with Crippen molar-refractivity contribution in [1.82, 2.24) is 5.43 Å². The van der Waals surface area contributed by atoms with Gasteiger partial charge in [0.05, 0.1) is 16.3 Å². The first-order chi connectivity index (χ1) is 12.5. The van der Waals surface area contributed by atoms with Gasteiger partial charge >= 0.3 is 0 Å². The molecule has 0 bridgehead atoms. The molecule has 0 spiro atoms. The molecule has 2 amide bonds. The lowest BCUT2D eigenvalue weighted by Gasteiger charge is -2.05. The monoisotopic (exact) mass is 393 g/mol. The molecule has 3 rings (SSSR count). The van der Waals surface area contributed by atoms with Crippen molar-refractivity contribution in [2.45, 2.75) is 6.42 Å². The molecule has 2 aromatic rings. The van der Waals surface area contributed by atoms with Crippen molar-refractivity contribution in [3.05, 3.63) is 52.0 Å². The molecule has 9 heteroatoms. The summed E-state index contributed by atoms with van der Waals surface area (Å²) in [6, 6.07) is 9.87. The lowest BCUT2D eigenvalue weighted by molar-refractivity contribution is -0.126. The van der Waals surface area contributed by atoms with E-state index in [1.54, 1.807) is 30.3 Å². The molecule has 7 nitrogen and oxygen atoms in total. The van der Waals surface area contributed by atoms with E-state index in [1.165, 1.54) is 12.3 Å². The molecule has 0 aromatic heterocycles. The zero-order valence-corrected chi connectivity index (χ0v) is 14.8. The van der Waals surface area contributed by atoms with Gasteiger partial charge in [0, 0.05) is 5.69 Å². The molecule has 2 aromatic carbocycles. The number of fused-ring (bicyclic) bond motifs is 1. The number of anilines is 1. The van der Waals surface area contributed by atoms with E-state index in [9.17, 15) is 9.59 Å². The highest BCUT2D eigenvalue weighted by molar-refractivity contribution is 6.42. The summed E-state index contributed by atoms with van der Waals surface area (Å²) in [5.74, 6) is 0.213. The topological polar surface area (TPSA) is 89.0 Å². The predicted octanol–water partition coefficient (Wildman–Crippen LogP) is 3.20. The number of carbonyl (C=O) groups excluding carboxylic acids is 2. The summed E-state index contributed by atoms with van der Waals surface area (Å²) in [7, 11) is 0. The quantitative estimate of drug-likeness (QED) is 0.463. The van der Waals surface area contributed by atoms with Crippen molar-refractivity contribution < 1.29 is 19.1 Å². The number of hydrazone groups is 1. The fourth-order valence-corrected chi connectivity index (χ4v) is 2.43. The fraction of sp³-hybridized carbons (Fsp3) is 0.118. The molecule has 134 valence electrons. The molecule has 0 radical (unpaired) electrons. The van der Waals surface area contributed by atoms with Gasteiger partial charge < -0.3 is 14.8 Å². The predicted molar refractivity (Wildman–Crippen MR) is 98.0 cm³/mol. The zero-order valence-electron chi connectivity index (χ0n) is 13.3. The minimum atomic E-state index is -0.556. The Bertz CT molecular complexity index is 886. The Morgan fingerprint density at radius 2 is 1.85 bits per heavy atom. The molecule has 1 heterocycles. The van der Waals surface area contributed by atoms with Crippen LogP contribution in [0.5, 0.6) is 11.5 Å². The number of amides is 2. The minimum absolute atomic E-state index is 0.181. The SMILES string of the molecule is O=C(CC(=O)Nc1ccc(Cl)c(Cl)c1)N/N=C\c1ccc2c(c1)OCO2. The van der Waals surface area contributed by atoms with Crippen molar-refractivity contribution in [3.63, 3.8) is 0 Å². The highest BCUT2D eigenvalue weighted by Crippen LogP contribution is 2.32. The number of benzene rings is 2. The van der Waals surface area contributed by atoms with Gasteiger partial charge in [-0.1, -0.05) is 23.2 Å². The number of rotatable bonds is 5. The van der Waals surface area contributed by atoms with Crippen molar-refractivity contribution in [2.24, 2.45) is 5.10 Å². The molecule has 0 fully saturated rings. The third-order valence-electron chi connectivity index (χ3n) is 3.32. The molecular formula is C17H13Cl2N3O4. The Kier molecular flexibility index (Phi) is 5.60. The van der Waals surface area contributed by atoms with E-state index in [0.29, 0.717) is 27.2 Å². The average molecular weight is 394 g/mol. The van der Waals surface area contributed by atoms with Crippen molar-refractivity contribution in [2.75, 3.05) is 12.1 Å². The van der Waals surface area contributed by atoms with Gasteiger partial charge in [-0.2, -0.15) is 5.10 Å². The summed E-state index contributed by atoms with van der Waals surface area (Å²) in [5, 5.41) is 7.05. The van der Waals surface area contributed by atoms with E-state index in [1.807, 2.05) is 0 Å². The Morgan fingerprint density at radius 1 is 1.04 bits per heavy atom. The minimum Gasteiger partial charge on any atom is -0.454 e. The highest BCUT2D eigenvalue weighted by Gasteiger charge is 2.13. The summed E-state index contributed by atoms with van der Waals surface area (Å²) < 4.78 is 10.5. The summed E-state index contributed by atoms with van der Waals surface area (Å²) in [4.78, 5) is 23.6. The summed E-state index contributed by atoms with van der Waals surface area (Å²) in [5.41, 5.74) is 3.45. The maximum Gasteiger partial charge on any atom is 0.249 e. The van der Waals surface area contributed by atoms with Gasteiger partial charge in [0.1, 0.15) is 6.42 Å². The van der Waals surface area contributed by atoms with Crippen LogP contribution in [-0.2, 0) is 9.59 Å². The molecule has 0 saturated heterocycles. The fourth-order valence-electron chi connectivity index (χ4n) is 2.14. The second kappa shape index (κ2) is 8.07. The van der Waals surface area contributed by atoms with Gasteiger partial charge in [-0.25, -0.2) is 5.43 Å². The van der Waals surface area contributed by atoms with E-state index in [-0.39, 0.29) is 6.79 Å². The van der Waals surface area contributed by atoms with Gasteiger partial charge in [-0.05, 0) is 42.0 Å². The molecule has 1 aliphatic heterocycles. The van der Waals surface area contributed by atoms with Crippen LogP contribution in [0.4, 0.5) is 5.69 Å². The summed E-state index contributed by atoms with van der Waals surface area (Å²) >= 11 is 11.7. The van der Waals surface area contributed by atoms with Gasteiger partial charge in [-0.3, -0.25) is 9.59 Å². The van der Waals surface area contributed by atoms with E-state index >= 15 is 0 Å². The van der Waals surface area contributed by atoms with Gasteiger partial charge in [-0.15, -0.1) is 0 Å². The summed E-state index contributed by atoms with van der Waals surface area (Å²) in [6.07, 6.45) is 1.05. The third-order valence-corrected chi connectivity index (χ3v) is 4.06. The normalized spacial score (nSPS) is 12.2.